The van der Waals surface area contributed by atoms with Gasteiger partial charge in [0.15, 0.2) is 0 Å². The zero-order valence-corrected chi connectivity index (χ0v) is 11.6. The van der Waals surface area contributed by atoms with Crippen molar-refractivity contribution < 1.29 is 14.4 Å². The highest BCUT2D eigenvalue weighted by atomic mass is 16.8. The van der Waals surface area contributed by atoms with Crippen molar-refractivity contribution in [3.8, 4) is 0 Å². The molecule has 1 saturated carbocycles. The van der Waals surface area contributed by atoms with E-state index in [4.69, 9.17) is 9.57 Å². The maximum absolute atomic E-state index is 11.4. The molecule has 0 aromatic heterocycles. The van der Waals surface area contributed by atoms with Crippen molar-refractivity contribution in [2.45, 2.75) is 33.3 Å². The Morgan fingerprint density at radius 1 is 1.39 bits per heavy atom. The van der Waals surface area contributed by atoms with Gasteiger partial charge in [-0.05, 0) is 43.9 Å². The molecule has 4 atom stereocenters. The molecule has 2 rings (SSSR count). The number of rotatable bonds is 4. The summed E-state index contributed by atoms with van der Waals surface area (Å²) in [6, 6.07) is 0. The fourth-order valence-corrected chi connectivity index (χ4v) is 3.15. The molecule has 4 heteroatoms. The SMILES string of the molecule is CC(C)OC(=O)ON(C)CC1C2C=CC(C2)C1C. The molecule has 0 N–H and O–H groups in total. The summed E-state index contributed by atoms with van der Waals surface area (Å²) in [6.07, 6.45) is 5.15. The van der Waals surface area contributed by atoms with E-state index in [1.54, 1.807) is 12.1 Å². The first kappa shape index (κ1) is 13.4. The van der Waals surface area contributed by atoms with Crippen LogP contribution in [0, 0.1) is 23.7 Å². The van der Waals surface area contributed by atoms with Gasteiger partial charge in [-0.1, -0.05) is 19.1 Å². The smallest absolute Gasteiger partial charge is 0.430 e. The molecule has 0 aromatic rings. The largest absolute Gasteiger partial charge is 0.528 e. The monoisotopic (exact) mass is 253 g/mol. The van der Waals surface area contributed by atoms with Crippen LogP contribution in [0.15, 0.2) is 12.2 Å². The van der Waals surface area contributed by atoms with Crippen molar-refractivity contribution in [3.63, 3.8) is 0 Å². The van der Waals surface area contributed by atoms with Crippen LogP contribution in [-0.2, 0) is 9.57 Å². The number of carbonyl (C=O) groups is 1. The molecule has 102 valence electrons. The summed E-state index contributed by atoms with van der Waals surface area (Å²) in [5.41, 5.74) is 0. The fraction of sp³-hybridized carbons (Fsp3) is 0.786. The molecular formula is C14H23NO3. The van der Waals surface area contributed by atoms with E-state index >= 15 is 0 Å². The Morgan fingerprint density at radius 2 is 2.06 bits per heavy atom. The third-order valence-corrected chi connectivity index (χ3v) is 4.08. The van der Waals surface area contributed by atoms with E-state index in [9.17, 15) is 4.79 Å². The molecule has 0 aromatic carbocycles. The van der Waals surface area contributed by atoms with Gasteiger partial charge in [0, 0.05) is 13.6 Å². The van der Waals surface area contributed by atoms with Gasteiger partial charge < -0.3 is 9.57 Å². The quantitative estimate of drug-likeness (QED) is 0.439. The average molecular weight is 253 g/mol. The number of ether oxygens (including phenoxy) is 1. The zero-order valence-electron chi connectivity index (χ0n) is 11.6. The van der Waals surface area contributed by atoms with Crippen LogP contribution in [0.3, 0.4) is 0 Å². The third kappa shape index (κ3) is 2.86. The van der Waals surface area contributed by atoms with E-state index < -0.39 is 6.16 Å². The molecular weight excluding hydrogens is 230 g/mol. The van der Waals surface area contributed by atoms with Crippen molar-refractivity contribution in [2.75, 3.05) is 13.6 Å². The number of hydrogen-bond donors (Lipinski definition) is 0. The van der Waals surface area contributed by atoms with Crippen molar-refractivity contribution in [1.29, 1.82) is 0 Å². The predicted octanol–water partition coefficient (Wildman–Crippen LogP) is 2.85. The lowest BCUT2D eigenvalue weighted by molar-refractivity contribution is -0.126. The highest BCUT2D eigenvalue weighted by molar-refractivity contribution is 5.59. The maximum atomic E-state index is 11.4. The van der Waals surface area contributed by atoms with Gasteiger partial charge >= 0.3 is 6.16 Å². The zero-order chi connectivity index (χ0) is 13.3. The number of carbonyl (C=O) groups excluding carboxylic acids is 1. The third-order valence-electron chi connectivity index (χ3n) is 4.08. The Bertz CT molecular complexity index is 340. The molecule has 2 bridgehead atoms. The highest BCUT2D eigenvalue weighted by Gasteiger charge is 2.42. The number of hydroxylamine groups is 2. The summed E-state index contributed by atoms with van der Waals surface area (Å²) in [6.45, 7) is 6.69. The molecule has 2 aliphatic carbocycles. The van der Waals surface area contributed by atoms with Crippen molar-refractivity contribution in [3.05, 3.63) is 12.2 Å². The predicted molar refractivity (Wildman–Crippen MR) is 68.7 cm³/mol. The summed E-state index contributed by atoms with van der Waals surface area (Å²) in [5, 5.41) is 1.61. The molecule has 0 aliphatic heterocycles. The minimum atomic E-state index is -0.612. The fourth-order valence-electron chi connectivity index (χ4n) is 3.15. The second-order valence-corrected chi connectivity index (χ2v) is 5.79. The van der Waals surface area contributed by atoms with E-state index in [0.717, 1.165) is 12.5 Å². The Hall–Kier alpha value is -1.03. The van der Waals surface area contributed by atoms with Gasteiger partial charge in [0.25, 0.3) is 0 Å². The molecule has 1 fully saturated rings. The minimum Gasteiger partial charge on any atom is -0.430 e. The van der Waals surface area contributed by atoms with Crippen LogP contribution in [0.25, 0.3) is 0 Å². The second-order valence-electron chi connectivity index (χ2n) is 5.79. The van der Waals surface area contributed by atoms with Crippen LogP contribution in [0.5, 0.6) is 0 Å². The van der Waals surface area contributed by atoms with Gasteiger partial charge in [0.1, 0.15) is 0 Å². The van der Waals surface area contributed by atoms with Gasteiger partial charge in [-0.15, -0.1) is 5.06 Å². The molecule has 0 amide bonds. The van der Waals surface area contributed by atoms with Crippen LogP contribution in [-0.4, -0.2) is 30.9 Å². The van der Waals surface area contributed by atoms with E-state index in [1.165, 1.54) is 6.42 Å². The van der Waals surface area contributed by atoms with E-state index in [2.05, 4.69) is 19.1 Å². The average Bonchev–Trinajstić information content (AvgIpc) is 2.80. The first-order valence-corrected chi connectivity index (χ1v) is 6.75. The minimum absolute atomic E-state index is 0.143. The summed E-state index contributed by atoms with van der Waals surface area (Å²) >= 11 is 0. The lowest BCUT2D eigenvalue weighted by Gasteiger charge is -2.28. The van der Waals surface area contributed by atoms with Crippen LogP contribution < -0.4 is 0 Å². The summed E-state index contributed by atoms with van der Waals surface area (Å²) < 4.78 is 4.96. The lowest BCUT2D eigenvalue weighted by Crippen LogP contribution is -2.34. The van der Waals surface area contributed by atoms with Crippen LogP contribution in [0.4, 0.5) is 4.79 Å². The number of fused-ring (bicyclic) bond motifs is 2. The van der Waals surface area contributed by atoms with E-state index in [0.29, 0.717) is 17.8 Å². The Morgan fingerprint density at radius 3 is 2.61 bits per heavy atom. The van der Waals surface area contributed by atoms with Gasteiger partial charge in [-0.25, -0.2) is 4.79 Å². The number of allylic oxidation sites excluding steroid dienone is 2. The standard InChI is InChI=1S/C14H23NO3/c1-9(2)17-14(16)18-15(4)8-13-10(3)11-5-6-12(13)7-11/h5-6,9-13H,7-8H2,1-4H3. The Kier molecular flexibility index (Phi) is 3.95. The van der Waals surface area contributed by atoms with Gasteiger partial charge in [0.05, 0.1) is 6.10 Å². The molecule has 0 radical (unpaired) electrons. The second kappa shape index (κ2) is 5.31. The molecule has 2 aliphatic rings. The van der Waals surface area contributed by atoms with Crippen molar-refractivity contribution in [1.82, 2.24) is 5.06 Å². The molecule has 0 spiro atoms. The van der Waals surface area contributed by atoms with Crippen molar-refractivity contribution in [2.24, 2.45) is 23.7 Å². The van der Waals surface area contributed by atoms with Gasteiger partial charge in [-0.3, -0.25) is 0 Å². The normalized spacial score (nSPS) is 33.4. The topological polar surface area (TPSA) is 38.8 Å². The molecule has 4 nitrogen and oxygen atoms in total. The Balaban J connectivity index is 1.79. The maximum Gasteiger partial charge on any atom is 0.528 e. The molecule has 0 heterocycles. The van der Waals surface area contributed by atoms with Crippen molar-refractivity contribution >= 4 is 6.16 Å². The van der Waals surface area contributed by atoms with Crippen LogP contribution in [0.1, 0.15) is 27.2 Å². The summed E-state index contributed by atoms with van der Waals surface area (Å²) in [4.78, 5) is 16.5. The number of nitrogens with zero attached hydrogens (tertiary/aromatic N) is 1. The van der Waals surface area contributed by atoms with Gasteiger partial charge in [0.2, 0.25) is 0 Å². The first-order valence-electron chi connectivity index (χ1n) is 6.75. The first-order chi connectivity index (χ1) is 8.47. The lowest BCUT2D eigenvalue weighted by atomic mass is 9.84. The molecule has 0 saturated heterocycles. The van der Waals surface area contributed by atoms with Crippen LogP contribution >= 0.6 is 0 Å². The molecule has 4 unspecified atom stereocenters. The Labute approximate surface area is 109 Å². The summed E-state index contributed by atoms with van der Waals surface area (Å²) in [5.74, 6) is 2.62. The van der Waals surface area contributed by atoms with E-state index in [-0.39, 0.29) is 6.10 Å². The highest BCUT2D eigenvalue weighted by Crippen LogP contribution is 2.47. The van der Waals surface area contributed by atoms with Gasteiger partial charge in [-0.2, -0.15) is 0 Å². The number of hydrogen-bond acceptors (Lipinski definition) is 4. The van der Waals surface area contributed by atoms with E-state index in [1.807, 2.05) is 13.8 Å². The summed E-state index contributed by atoms with van der Waals surface area (Å²) in [7, 11) is 1.80. The molecule has 18 heavy (non-hydrogen) atoms. The van der Waals surface area contributed by atoms with Crippen LogP contribution in [0.2, 0.25) is 0 Å².